The molecule has 0 radical (unpaired) electrons. The summed E-state index contributed by atoms with van der Waals surface area (Å²) in [5.41, 5.74) is 1.10. The molecule has 0 bridgehead atoms. The minimum atomic E-state index is -3.71. The number of nitrogens with zero attached hydrogens (tertiary/aromatic N) is 5. The van der Waals surface area contributed by atoms with E-state index in [-0.39, 0.29) is 16.3 Å². The molecule has 0 amide bonds. The van der Waals surface area contributed by atoms with Gasteiger partial charge in [0.05, 0.1) is 22.8 Å². The van der Waals surface area contributed by atoms with Crippen molar-refractivity contribution < 1.29 is 13.2 Å². The number of H-pyrrole nitrogens is 1. The van der Waals surface area contributed by atoms with Crippen LogP contribution in [0.15, 0.2) is 27.9 Å². The Balaban J connectivity index is 1.85. The molecule has 1 aliphatic heterocycles. The molecule has 0 atom stereocenters. The molecule has 4 rings (SSSR count). The van der Waals surface area contributed by atoms with Gasteiger partial charge in [-0.15, -0.1) is 5.10 Å². The number of rotatable bonds is 8. The van der Waals surface area contributed by atoms with E-state index in [1.807, 2.05) is 20.9 Å². The van der Waals surface area contributed by atoms with Crippen molar-refractivity contribution in [3.05, 3.63) is 40.1 Å². The summed E-state index contributed by atoms with van der Waals surface area (Å²) >= 11 is 0. The van der Waals surface area contributed by atoms with Crippen molar-refractivity contribution in [1.82, 2.24) is 28.8 Å². The lowest BCUT2D eigenvalue weighted by Gasteiger charge is -2.31. The van der Waals surface area contributed by atoms with Gasteiger partial charge >= 0.3 is 0 Å². The number of hydrogen-bond acceptors (Lipinski definition) is 7. The zero-order valence-corrected chi connectivity index (χ0v) is 21.0. The largest absolute Gasteiger partial charge is 0.493 e. The van der Waals surface area contributed by atoms with Crippen molar-refractivity contribution in [3.8, 4) is 17.1 Å². The number of piperazine rings is 1. The molecule has 34 heavy (non-hydrogen) atoms. The van der Waals surface area contributed by atoms with E-state index >= 15 is 0 Å². The number of sulfonamides is 1. The van der Waals surface area contributed by atoms with E-state index in [2.05, 4.69) is 20.0 Å². The third-order valence-electron chi connectivity index (χ3n) is 5.98. The van der Waals surface area contributed by atoms with Crippen LogP contribution >= 0.6 is 0 Å². The molecule has 0 unspecified atom stereocenters. The number of hydrogen-bond donors (Lipinski definition) is 1. The molecule has 10 nitrogen and oxygen atoms in total. The molecular formula is C23H32N6O4S. The summed E-state index contributed by atoms with van der Waals surface area (Å²) in [6, 6.07) is 4.75. The minimum Gasteiger partial charge on any atom is -0.493 e. The van der Waals surface area contributed by atoms with Gasteiger partial charge in [-0.1, -0.05) is 13.8 Å². The predicted octanol–water partition coefficient (Wildman–Crippen LogP) is 2.07. The van der Waals surface area contributed by atoms with Crippen LogP contribution < -0.4 is 10.3 Å². The molecule has 0 aliphatic carbocycles. The Morgan fingerprint density at radius 1 is 1.12 bits per heavy atom. The highest BCUT2D eigenvalue weighted by Gasteiger charge is 2.29. The van der Waals surface area contributed by atoms with Gasteiger partial charge in [0, 0.05) is 32.6 Å². The number of aryl methyl sites for hydroxylation is 2. The van der Waals surface area contributed by atoms with Crippen molar-refractivity contribution >= 4 is 15.5 Å². The Hall–Kier alpha value is -2.76. The first-order chi connectivity index (χ1) is 16.3. The summed E-state index contributed by atoms with van der Waals surface area (Å²) in [6.07, 6.45) is 2.30. The van der Waals surface area contributed by atoms with Crippen molar-refractivity contribution in [2.75, 3.05) is 39.8 Å². The van der Waals surface area contributed by atoms with Gasteiger partial charge in [-0.2, -0.15) is 4.31 Å². The van der Waals surface area contributed by atoms with Crippen molar-refractivity contribution in [3.63, 3.8) is 0 Å². The standard InChI is InChI=1S/C23H32N6O4S/c1-5-7-20-24-16(3)21-23(30)25-22(26-29(20)21)18-15-17(8-9-19(18)33-14-6-2)34(31,32)28-12-10-27(4)11-13-28/h8-9,15H,5-7,10-14H2,1-4H3,(H,25,26,30). The first-order valence-electron chi connectivity index (χ1n) is 11.7. The van der Waals surface area contributed by atoms with Gasteiger partial charge in [0.25, 0.3) is 5.56 Å². The lowest BCUT2D eigenvalue weighted by Crippen LogP contribution is -2.47. The summed E-state index contributed by atoms with van der Waals surface area (Å²) in [7, 11) is -1.73. The third kappa shape index (κ3) is 4.59. The highest BCUT2D eigenvalue weighted by atomic mass is 32.2. The molecule has 2 aromatic heterocycles. The lowest BCUT2D eigenvalue weighted by atomic mass is 10.2. The molecule has 1 aromatic carbocycles. The van der Waals surface area contributed by atoms with Crippen LogP contribution in [0, 0.1) is 6.92 Å². The summed E-state index contributed by atoms with van der Waals surface area (Å²) in [6.45, 7) is 8.47. The van der Waals surface area contributed by atoms with Crippen molar-refractivity contribution in [1.29, 1.82) is 0 Å². The maximum atomic E-state index is 13.4. The molecule has 1 saturated heterocycles. The van der Waals surface area contributed by atoms with Crippen LogP contribution in [0.25, 0.3) is 16.9 Å². The van der Waals surface area contributed by atoms with E-state index in [4.69, 9.17) is 4.74 Å². The summed E-state index contributed by atoms with van der Waals surface area (Å²) in [4.78, 5) is 22.6. The molecule has 0 saturated carbocycles. The molecule has 1 N–H and O–H groups in total. The highest BCUT2D eigenvalue weighted by molar-refractivity contribution is 7.89. The van der Waals surface area contributed by atoms with Crippen LogP contribution in [0.1, 0.15) is 38.2 Å². The van der Waals surface area contributed by atoms with Gasteiger partial charge in [-0.25, -0.2) is 17.9 Å². The quantitative estimate of drug-likeness (QED) is 0.516. The Morgan fingerprint density at radius 2 is 1.85 bits per heavy atom. The first kappa shape index (κ1) is 24.4. The zero-order valence-electron chi connectivity index (χ0n) is 20.2. The molecular weight excluding hydrogens is 456 g/mol. The number of aromatic amines is 1. The van der Waals surface area contributed by atoms with Gasteiger partial charge < -0.3 is 14.6 Å². The molecule has 11 heteroatoms. The Kier molecular flexibility index (Phi) is 7.06. The second kappa shape index (κ2) is 9.85. The van der Waals surface area contributed by atoms with E-state index in [0.29, 0.717) is 67.6 Å². The Labute approximate surface area is 199 Å². The molecule has 3 aromatic rings. The summed E-state index contributed by atoms with van der Waals surface area (Å²) in [5, 5.41) is 4.66. The van der Waals surface area contributed by atoms with Gasteiger partial charge in [0.15, 0.2) is 11.3 Å². The van der Waals surface area contributed by atoms with E-state index < -0.39 is 10.0 Å². The van der Waals surface area contributed by atoms with Crippen LogP contribution in [0.5, 0.6) is 5.75 Å². The van der Waals surface area contributed by atoms with Gasteiger partial charge in [0.2, 0.25) is 10.0 Å². The number of benzene rings is 1. The number of imidazole rings is 1. The number of ether oxygens (including phenoxy) is 1. The van der Waals surface area contributed by atoms with Crippen LogP contribution in [0.2, 0.25) is 0 Å². The monoisotopic (exact) mass is 488 g/mol. The van der Waals surface area contributed by atoms with Crippen LogP contribution in [0.4, 0.5) is 0 Å². The van der Waals surface area contributed by atoms with Crippen LogP contribution in [-0.2, 0) is 16.4 Å². The number of nitrogens with one attached hydrogen (secondary N) is 1. The second-order valence-electron chi connectivity index (χ2n) is 8.64. The van der Waals surface area contributed by atoms with Crippen LogP contribution in [0.3, 0.4) is 0 Å². The van der Waals surface area contributed by atoms with E-state index in [0.717, 1.165) is 12.8 Å². The fraction of sp³-hybridized carbons (Fsp3) is 0.522. The fourth-order valence-corrected chi connectivity index (χ4v) is 5.56. The predicted molar refractivity (Wildman–Crippen MR) is 130 cm³/mol. The molecule has 184 valence electrons. The Morgan fingerprint density at radius 3 is 2.53 bits per heavy atom. The summed E-state index contributed by atoms with van der Waals surface area (Å²) < 4.78 is 35.7. The fourth-order valence-electron chi connectivity index (χ4n) is 4.11. The Bertz CT molecular complexity index is 1340. The molecule has 3 heterocycles. The number of likely N-dealkylation sites (N-methyl/N-ethyl adjacent to an activating group) is 1. The third-order valence-corrected chi connectivity index (χ3v) is 7.88. The van der Waals surface area contributed by atoms with Gasteiger partial charge in [-0.3, -0.25) is 4.79 Å². The normalized spacial score (nSPS) is 15.8. The van der Waals surface area contributed by atoms with Crippen molar-refractivity contribution in [2.45, 2.75) is 44.9 Å². The molecule has 1 aliphatic rings. The topological polar surface area (TPSA) is 113 Å². The van der Waals surface area contributed by atoms with Crippen molar-refractivity contribution in [2.24, 2.45) is 0 Å². The van der Waals surface area contributed by atoms with E-state index in [1.54, 1.807) is 29.6 Å². The SMILES string of the molecule is CCCOc1ccc(S(=O)(=O)N2CCN(C)CC2)cc1-c1nn2c(CCC)nc(C)c2c(=O)[nH]1. The van der Waals surface area contributed by atoms with E-state index in [1.165, 1.54) is 4.31 Å². The van der Waals surface area contributed by atoms with E-state index in [9.17, 15) is 13.2 Å². The summed E-state index contributed by atoms with van der Waals surface area (Å²) in [5.74, 6) is 1.41. The molecule has 0 spiro atoms. The smallest absolute Gasteiger partial charge is 0.277 e. The van der Waals surface area contributed by atoms with Crippen LogP contribution in [-0.4, -0.2) is 77.0 Å². The maximum absolute atomic E-state index is 13.4. The maximum Gasteiger partial charge on any atom is 0.277 e. The molecule has 1 fully saturated rings. The lowest BCUT2D eigenvalue weighted by molar-refractivity contribution is 0.222. The average molecular weight is 489 g/mol. The average Bonchev–Trinajstić information content (AvgIpc) is 3.13. The zero-order chi connectivity index (χ0) is 24.5. The minimum absolute atomic E-state index is 0.147. The number of fused-ring (bicyclic) bond motifs is 1. The highest BCUT2D eigenvalue weighted by Crippen LogP contribution is 2.31. The van der Waals surface area contributed by atoms with Gasteiger partial charge in [-0.05, 0) is 45.0 Å². The second-order valence-corrected chi connectivity index (χ2v) is 10.6. The first-order valence-corrected chi connectivity index (χ1v) is 13.1. The van der Waals surface area contributed by atoms with Gasteiger partial charge in [0.1, 0.15) is 11.6 Å². The number of aromatic nitrogens is 4.